The lowest BCUT2D eigenvalue weighted by Gasteiger charge is -2.19. The van der Waals surface area contributed by atoms with Gasteiger partial charge in [0, 0.05) is 5.69 Å². The first-order valence-electron chi connectivity index (χ1n) is 9.78. The van der Waals surface area contributed by atoms with E-state index in [1.165, 1.54) is 24.3 Å². The van der Waals surface area contributed by atoms with Crippen LogP contribution in [0.5, 0.6) is 0 Å². The number of benzene rings is 3. The number of carbonyl (C=O) groups excluding carboxylic acids is 1. The highest BCUT2D eigenvalue weighted by atomic mass is 31.2. The van der Waals surface area contributed by atoms with Gasteiger partial charge in [-0.25, -0.2) is 4.79 Å². The third-order valence-corrected chi connectivity index (χ3v) is 5.35. The first-order valence-corrected chi connectivity index (χ1v) is 11.6. The molecule has 0 aliphatic heterocycles. The van der Waals surface area contributed by atoms with E-state index in [9.17, 15) is 23.9 Å². The molecule has 0 spiro atoms. The molecule has 166 valence electrons. The molecule has 3 aromatic rings. The van der Waals surface area contributed by atoms with Gasteiger partial charge in [-0.3, -0.25) is 14.7 Å². The number of carboxylic acids is 1. The summed E-state index contributed by atoms with van der Waals surface area (Å²) < 4.78 is 11.3. The lowest BCUT2D eigenvalue weighted by Crippen LogP contribution is -2.42. The van der Waals surface area contributed by atoms with Crippen molar-refractivity contribution in [3.63, 3.8) is 0 Å². The Hall–Kier alpha value is -3.29. The van der Waals surface area contributed by atoms with E-state index in [1.54, 1.807) is 0 Å². The average Bonchev–Trinajstić information content (AvgIpc) is 2.77. The second-order valence-corrected chi connectivity index (χ2v) is 8.86. The molecular formula is C23H23N2O6P. The van der Waals surface area contributed by atoms with Crippen LogP contribution in [0, 0.1) is 0 Å². The summed E-state index contributed by atoms with van der Waals surface area (Å²) in [7, 11) is -4.37. The highest BCUT2D eigenvalue weighted by Gasteiger charge is 2.23. The molecule has 8 nitrogen and oxygen atoms in total. The Kier molecular flexibility index (Phi) is 7.56. The summed E-state index contributed by atoms with van der Waals surface area (Å²) in [5.41, 5.74) is 3.33. The minimum Gasteiger partial charge on any atom is -0.478 e. The number of anilines is 1. The molecule has 0 bridgehead atoms. The summed E-state index contributed by atoms with van der Waals surface area (Å²) in [6, 6.07) is 22.1. The fourth-order valence-corrected chi connectivity index (χ4v) is 3.57. The van der Waals surface area contributed by atoms with Gasteiger partial charge in [0.1, 0.15) is 0 Å². The molecule has 0 fully saturated rings. The summed E-state index contributed by atoms with van der Waals surface area (Å²) in [6.45, 7) is 0. The number of hydrogen-bond donors (Lipinski definition) is 5. The van der Waals surface area contributed by atoms with Crippen LogP contribution in [0.4, 0.5) is 5.69 Å². The smallest absolute Gasteiger partial charge is 0.339 e. The molecule has 5 N–H and O–H groups in total. The van der Waals surface area contributed by atoms with Crippen molar-refractivity contribution < 1.29 is 29.0 Å². The predicted octanol–water partition coefficient (Wildman–Crippen LogP) is 3.33. The molecule has 9 heteroatoms. The maximum atomic E-state index is 12.8. The SMILES string of the molecule is O=C(O)c1ccc(NC(=O)[C@H](Cc2ccc(-c3ccccc3)cc2)NCP(=O)(O)O)cc1. The molecule has 0 heterocycles. The molecule has 3 rings (SSSR count). The van der Waals surface area contributed by atoms with Gasteiger partial charge in [-0.1, -0.05) is 54.6 Å². The zero-order chi connectivity index (χ0) is 23.1. The number of amides is 1. The molecule has 0 unspecified atom stereocenters. The van der Waals surface area contributed by atoms with Gasteiger partial charge >= 0.3 is 13.6 Å². The minimum atomic E-state index is -4.37. The van der Waals surface area contributed by atoms with Crippen LogP contribution in [0.25, 0.3) is 11.1 Å². The van der Waals surface area contributed by atoms with E-state index in [2.05, 4.69) is 10.6 Å². The molecule has 0 saturated carbocycles. The lowest BCUT2D eigenvalue weighted by atomic mass is 10.0. The van der Waals surface area contributed by atoms with Crippen molar-refractivity contribution in [3.8, 4) is 11.1 Å². The fourth-order valence-electron chi connectivity index (χ4n) is 3.11. The maximum Gasteiger partial charge on any atom is 0.339 e. The van der Waals surface area contributed by atoms with Crippen molar-refractivity contribution in [2.45, 2.75) is 12.5 Å². The Morgan fingerprint density at radius 2 is 1.44 bits per heavy atom. The molecule has 1 amide bonds. The van der Waals surface area contributed by atoms with E-state index < -0.39 is 31.8 Å². The molecule has 0 radical (unpaired) electrons. The van der Waals surface area contributed by atoms with E-state index in [0.29, 0.717) is 5.69 Å². The topological polar surface area (TPSA) is 136 Å². The van der Waals surface area contributed by atoms with Gasteiger partial charge in [0.2, 0.25) is 5.91 Å². The summed E-state index contributed by atoms with van der Waals surface area (Å²) in [5, 5.41) is 14.3. The Labute approximate surface area is 185 Å². The fraction of sp³-hybridized carbons (Fsp3) is 0.130. The van der Waals surface area contributed by atoms with Crippen molar-refractivity contribution in [2.24, 2.45) is 0 Å². The van der Waals surface area contributed by atoms with Gasteiger partial charge in [0.05, 0.1) is 17.9 Å². The molecule has 1 atom stereocenters. The van der Waals surface area contributed by atoms with Crippen LogP contribution in [0.3, 0.4) is 0 Å². The van der Waals surface area contributed by atoms with Crippen molar-refractivity contribution >= 4 is 25.2 Å². The van der Waals surface area contributed by atoms with Crippen molar-refractivity contribution in [2.75, 3.05) is 11.6 Å². The summed E-state index contributed by atoms with van der Waals surface area (Å²) in [6.07, 6.45) is -0.445. The van der Waals surface area contributed by atoms with E-state index in [-0.39, 0.29) is 12.0 Å². The molecule has 32 heavy (non-hydrogen) atoms. The van der Waals surface area contributed by atoms with Crippen LogP contribution in [0.2, 0.25) is 0 Å². The number of rotatable bonds is 9. The molecule has 0 aliphatic rings. The number of aromatic carboxylic acids is 1. The Morgan fingerprint density at radius 3 is 2.00 bits per heavy atom. The molecule has 0 saturated heterocycles. The largest absolute Gasteiger partial charge is 0.478 e. The number of nitrogens with one attached hydrogen (secondary N) is 2. The van der Waals surface area contributed by atoms with Crippen molar-refractivity contribution in [3.05, 3.63) is 90.0 Å². The first kappa shape index (κ1) is 23.4. The van der Waals surface area contributed by atoms with Crippen LogP contribution in [0.15, 0.2) is 78.9 Å². The van der Waals surface area contributed by atoms with Crippen LogP contribution in [-0.4, -0.2) is 39.1 Å². The van der Waals surface area contributed by atoms with Gasteiger partial charge in [0.15, 0.2) is 0 Å². The minimum absolute atomic E-state index is 0.0812. The number of hydrogen-bond acceptors (Lipinski definition) is 4. The van der Waals surface area contributed by atoms with Crippen molar-refractivity contribution in [1.29, 1.82) is 0 Å². The third kappa shape index (κ3) is 6.87. The second kappa shape index (κ2) is 10.3. The van der Waals surface area contributed by atoms with Gasteiger partial charge in [-0.2, -0.15) is 0 Å². The molecule has 0 aromatic heterocycles. The summed E-state index contributed by atoms with van der Waals surface area (Å²) in [4.78, 5) is 42.2. The van der Waals surface area contributed by atoms with Gasteiger partial charge < -0.3 is 20.2 Å². The van der Waals surface area contributed by atoms with Gasteiger partial charge in [0.25, 0.3) is 0 Å². The molecular weight excluding hydrogens is 431 g/mol. The second-order valence-electron chi connectivity index (χ2n) is 7.22. The molecule has 0 aliphatic carbocycles. The van der Waals surface area contributed by atoms with Crippen molar-refractivity contribution in [1.82, 2.24) is 5.32 Å². The van der Waals surface area contributed by atoms with E-state index in [1.807, 2.05) is 54.6 Å². The highest BCUT2D eigenvalue weighted by Crippen LogP contribution is 2.32. The van der Waals surface area contributed by atoms with Crippen LogP contribution >= 0.6 is 7.60 Å². The number of carboxylic acid groups (broad SMARTS) is 1. The van der Waals surface area contributed by atoms with Crippen LogP contribution < -0.4 is 10.6 Å². The number of carbonyl (C=O) groups is 2. The third-order valence-electron chi connectivity index (χ3n) is 4.76. The quantitative estimate of drug-likeness (QED) is 0.313. The average molecular weight is 454 g/mol. The van der Waals surface area contributed by atoms with Crippen LogP contribution in [-0.2, 0) is 15.8 Å². The standard InChI is InChI=1S/C23H23N2O6P/c26-22(25-20-12-10-19(11-13-20)23(27)28)21(24-15-32(29,30)31)14-16-6-8-18(9-7-16)17-4-2-1-3-5-17/h1-13,21,24H,14-15H2,(H,25,26)(H,27,28)(H2,29,30,31)/t21-/m0/s1. The molecule has 3 aromatic carbocycles. The zero-order valence-corrected chi connectivity index (χ0v) is 17.9. The van der Waals surface area contributed by atoms with E-state index in [0.717, 1.165) is 16.7 Å². The van der Waals surface area contributed by atoms with Crippen LogP contribution in [0.1, 0.15) is 15.9 Å². The highest BCUT2D eigenvalue weighted by molar-refractivity contribution is 7.51. The predicted molar refractivity (Wildman–Crippen MR) is 121 cm³/mol. The summed E-state index contributed by atoms with van der Waals surface area (Å²) in [5.74, 6) is -1.57. The van der Waals surface area contributed by atoms with Gasteiger partial charge in [-0.15, -0.1) is 0 Å². The van der Waals surface area contributed by atoms with E-state index in [4.69, 9.17) is 5.11 Å². The normalized spacial score (nSPS) is 12.2. The first-order chi connectivity index (χ1) is 15.2. The lowest BCUT2D eigenvalue weighted by molar-refractivity contribution is -0.118. The Balaban J connectivity index is 1.73. The Morgan fingerprint density at radius 1 is 0.844 bits per heavy atom. The van der Waals surface area contributed by atoms with E-state index >= 15 is 0 Å². The Bertz CT molecular complexity index is 1110. The maximum absolute atomic E-state index is 12.8. The monoisotopic (exact) mass is 454 g/mol. The zero-order valence-electron chi connectivity index (χ0n) is 17.0. The van der Waals surface area contributed by atoms with Gasteiger partial charge in [-0.05, 0) is 47.4 Å². The summed E-state index contributed by atoms with van der Waals surface area (Å²) >= 11 is 0.